The average Bonchev–Trinajstić information content (AvgIpc) is 2.99. The van der Waals surface area contributed by atoms with Crippen molar-refractivity contribution in [3.05, 3.63) is 107 Å². The molecule has 1 unspecified atom stereocenters. The maximum absolute atomic E-state index is 15.3. The van der Waals surface area contributed by atoms with Crippen LogP contribution in [0, 0.1) is 17.0 Å². The molecule has 0 saturated carbocycles. The Balaban J connectivity index is 1.51. The van der Waals surface area contributed by atoms with Gasteiger partial charge in [-0.15, -0.1) is 0 Å². The molecule has 3 aromatic rings. The molecule has 0 aromatic heterocycles. The van der Waals surface area contributed by atoms with Gasteiger partial charge in [-0.2, -0.15) is 0 Å². The monoisotopic (exact) mass is 515 g/mol. The minimum absolute atomic E-state index is 0.0495. The number of para-hydroxylation sites is 2. The van der Waals surface area contributed by atoms with Gasteiger partial charge in [-0.25, -0.2) is 8.78 Å². The van der Waals surface area contributed by atoms with Crippen LogP contribution >= 0.6 is 0 Å². The number of anilines is 2. The van der Waals surface area contributed by atoms with Gasteiger partial charge in [-0.05, 0) is 54.2 Å². The molecule has 0 spiro atoms. The Morgan fingerprint density at radius 2 is 1.71 bits per heavy atom. The van der Waals surface area contributed by atoms with E-state index in [0.29, 0.717) is 36.9 Å². The summed E-state index contributed by atoms with van der Waals surface area (Å²) in [7, 11) is 0. The minimum atomic E-state index is -0.770. The van der Waals surface area contributed by atoms with Crippen molar-refractivity contribution >= 4 is 23.1 Å². The Labute approximate surface area is 221 Å². The lowest BCUT2D eigenvalue weighted by Gasteiger charge is -2.38. The first-order valence-corrected chi connectivity index (χ1v) is 12.9. The molecule has 196 valence electrons. The smallest absolute Gasteiger partial charge is 0.239 e. The van der Waals surface area contributed by atoms with Crippen molar-refractivity contribution < 1.29 is 18.4 Å². The van der Waals surface area contributed by atoms with Crippen LogP contribution in [0.25, 0.3) is 0 Å². The van der Waals surface area contributed by atoms with E-state index in [1.165, 1.54) is 18.2 Å². The number of ketones is 1. The zero-order valence-electron chi connectivity index (χ0n) is 21.6. The van der Waals surface area contributed by atoms with E-state index in [4.69, 9.17) is 0 Å². The molecule has 0 bridgehead atoms. The van der Waals surface area contributed by atoms with Gasteiger partial charge in [0.15, 0.2) is 5.78 Å². The van der Waals surface area contributed by atoms with E-state index >= 15 is 4.39 Å². The van der Waals surface area contributed by atoms with Gasteiger partial charge in [-0.3, -0.25) is 9.59 Å². The first kappa shape index (κ1) is 25.6. The van der Waals surface area contributed by atoms with Crippen LogP contribution in [0.4, 0.5) is 20.2 Å². The van der Waals surface area contributed by atoms with Crippen molar-refractivity contribution in [1.29, 1.82) is 0 Å². The Morgan fingerprint density at radius 1 is 1.00 bits per heavy atom. The first-order valence-electron chi connectivity index (χ1n) is 12.9. The van der Waals surface area contributed by atoms with Crippen molar-refractivity contribution in [2.75, 3.05) is 23.3 Å². The number of rotatable bonds is 6. The van der Waals surface area contributed by atoms with E-state index in [1.54, 1.807) is 30.3 Å². The summed E-state index contributed by atoms with van der Waals surface area (Å²) in [6, 6.07) is 19.4. The Bertz CT molecular complexity index is 1400. The molecule has 5 rings (SSSR count). The highest BCUT2D eigenvalue weighted by atomic mass is 19.1. The maximum Gasteiger partial charge on any atom is 0.239 e. The normalized spacial score (nSPS) is 18.3. The van der Waals surface area contributed by atoms with Crippen molar-refractivity contribution in [2.24, 2.45) is 5.41 Å². The number of nitrogens with one attached hydrogen (secondary N) is 2. The number of Topliss-reactive ketones (excluding diaryl/α,β-unsaturated/α-hetero) is 1. The minimum Gasteiger partial charge on any atom is -0.357 e. The third-order valence-electron chi connectivity index (χ3n) is 7.17. The summed E-state index contributed by atoms with van der Waals surface area (Å²) in [4.78, 5) is 28.7. The summed E-state index contributed by atoms with van der Waals surface area (Å²) in [6.45, 7) is 4.40. The topological polar surface area (TPSA) is 61.4 Å². The molecule has 38 heavy (non-hydrogen) atoms. The van der Waals surface area contributed by atoms with Crippen LogP contribution in [0.2, 0.25) is 0 Å². The predicted molar refractivity (Wildman–Crippen MR) is 145 cm³/mol. The molecular weight excluding hydrogens is 484 g/mol. The van der Waals surface area contributed by atoms with Crippen LogP contribution in [-0.2, 0) is 16.0 Å². The van der Waals surface area contributed by atoms with E-state index in [-0.39, 0.29) is 29.5 Å². The molecule has 1 amide bonds. The van der Waals surface area contributed by atoms with Crippen LogP contribution in [0.1, 0.15) is 43.9 Å². The maximum atomic E-state index is 15.3. The highest BCUT2D eigenvalue weighted by Crippen LogP contribution is 2.48. The standard InChI is InChI=1S/C31H31F2N3O2/c1-31(2)17-25-29(27(37)18-31)30(22-7-3-4-8-23(22)33)36(26-10-6-5-9-24(26)35-25)19-28(38)34-16-15-20-11-13-21(32)14-12-20/h3-14,30,35H,15-19H2,1-2H3,(H,34,38). The number of benzene rings is 3. The molecule has 2 aliphatic rings. The molecular formula is C31H31F2N3O2. The van der Waals surface area contributed by atoms with E-state index in [9.17, 15) is 14.0 Å². The second kappa shape index (κ2) is 10.4. The molecule has 1 heterocycles. The number of carbonyl (C=O) groups is 2. The van der Waals surface area contributed by atoms with Gasteiger partial charge in [0.2, 0.25) is 5.91 Å². The number of hydrogen-bond donors (Lipinski definition) is 2. The van der Waals surface area contributed by atoms with Crippen LogP contribution in [0.5, 0.6) is 0 Å². The SMILES string of the molecule is CC1(C)CC(=O)C2=C(C1)Nc1ccccc1N(CC(=O)NCCc1ccc(F)cc1)C2c1ccccc1F. The van der Waals surface area contributed by atoms with E-state index in [1.807, 2.05) is 29.2 Å². The number of fused-ring (bicyclic) bond motifs is 1. The number of carbonyl (C=O) groups excluding carboxylic acids is 2. The number of hydrogen-bond acceptors (Lipinski definition) is 4. The molecule has 2 N–H and O–H groups in total. The lowest BCUT2D eigenvalue weighted by atomic mass is 9.73. The van der Waals surface area contributed by atoms with Gasteiger partial charge in [-0.1, -0.05) is 56.3 Å². The fourth-order valence-electron chi connectivity index (χ4n) is 5.46. The second-order valence-electron chi connectivity index (χ2n) is 10.8. The third-order valence-corrected chi connectivity index (χ3v) is 7.17. The zero-order chi connectivity index (χ0) is 26.9. The van der Waals surface area contributed by atoms with Crippen LogP contribution in [0.15, 0.2) is 84.1 Å². The summed E-state index contributed by atoms with van der Waals surface area (Å²) >= 11 is 0. The van der Waals surface area contributed by atoms with Crippen LogP contribution in [0.3, 0.4) is 0 Å². The highest BCUT2D eigenvalue weighted by Gasteiger charge is 2.42. The van der Waals surface area contributed by atoms with Gasteiger partial charge in [0.25, 0.3) is 0 Å². The molecule has 0 saturated heterocycles. The zero-order valence-corrected chi connectivity index (χ0v) is 21.6. The number of amides is 1. The van der Waals surface area contributed by atoms with Crippen LogP contribution < -0.4 is 15.5 Å². The van der Waals surface area contributed by atoms with Crippen LogP contribution in [-0.4, -0.2) is 24.8 Å². The largest absolute Gasteiger partial charge is 0.357 e. The second-order valence-corrected chi connectivity index (χ2v) is 10.8. The molecule has 0 fully saturated rings. The van der Waals surface area contributed by atoms with Gasteiger partial charge >= 0.3 is 0 Å². The highest BCUT2D eigenvalue weighted by molar-refractivity contribution is 6.01. The van der Waals surface area contributed by atoms with E-state index in [2.05, 4.69) is 24.5 Å². The van der Waals surface area contributed by atoms with Crippen molar-refractivity contribution in [3.8, 4) is 0 Å². The molecule has 0 radical (unpaired) electrons. The van der Waals surface area contributed by atoms with E-state index < -0.39 is 11.9 Å². The summed E-state index contributed by atoms with van der Waals surface area (Å²) in [6.07, 6.45) is 1.52. The molecule has 7 heteroatoms. The van der Waals surface area contributed by atoms with Crippen molar-refractivity contribution in [1.82, 2.24) is 5.32 Å². The molecule has 1 atom stereocenters. The Hall–Kier alpha value is -4.00. The fourth-order valence-corrected chi connectivity index (χ4v) is 5.46. The number of allylic oxidation sites excluding steroid dienone is 1. The fraction of sp³-hybridized carbons (Fsp3) is 0.290. The molecule has 3 aromatic carbocycles. The first-order chi connectivity index (χ1) is 18.2. The quantitative estimate of drug-likeness (QED) is 0.427. The Morgan fingerprint density at radius 3 is 2.47 bits per heavy atom. The van der Waals surface area contributed by atoms with Gasteiger partial charge < -0.3 is 15.5 Å². The average molecular weight is 516 g/mol. The van der Waals surface area contributed by atoms with E-state index in [0.717, 1.165) is 22.6 Å². The van der Waals surface area contributed by atoms with Crippen molar-refractivity contribution in [3.63, 3.8) is 0 Å². The molecule has 1 aliphatic heterocycles. The molecule has 1 aliphatic carbocycles. The van der Waals surface area contributed by atoms with Crippen molar-refractivity contribution in [2.45, 2.75) is 39.2 Å². The predicted octanol–water partition coefficient (Wildman–Crippen LogP) is 5.94. The third kappa shape index (κ3) is 5.32. The van der Waals surface area contributed by atoms with Gasteiger partial charge in [0.1, 0.15) is 11.6 Å². The lowest BCUT2D eigenvalue weighted by molar-refractivity contribution is -0.120. The lowest BCUT2D eigenvalue weighted by Crippen LogP contribution is -2.42. The number of halogens is 2. The molecule has 5 nitrogen and oxygen atoms in total. The summed E-state index contributed by atoms with van der Waals surface area (Å²) in [5.74, 6) is -1.04. The van der Waals surface area contributed by atoms with Gasteiger partial charge in [0.05, 0.1) is 24.0 Å². The summed E-state index contributed by atoms with van der Waals surface area (Å²) < 4.78 is 28.6. The van der Waals surface area contributed by atoms with Gasteiger partial charge in [0, 0.05) is 29.8 Å². The summed E-state index contributed by atoms with van der Waals surface area (Å²) in [5.41, 5.74) is 3.77. The summed E-state index contributed by atoms with van der Waals surface area (Å²) in [5, 5.41) is 6.41. The Kier molecular flexibility index (Phi) is 7.02. The number of nitrogens with zero attached hydrogens (tertiary/aromatic N) is 1.